The van der Waals surface area contributed by atoms with Crippen molar-refractivity contribution in [3.63, 3.8) is 0 Å². The van der Waals surface area contributed by atoms with Gasteiger partial charge in [-0.05, 0) is 29.4 Å². The van der Waals surface area contributed by atoms with Crippen LogP contribution in [-0.2, 0) is 6.54 Å². The second-order valence-electron chi connectivity index (χ2n) is 5.63. The van der Waals surface area contributed by atoms with Crippen molar-refractivity contribution in [2.75, 3.05) is 26.2 Å². The number of piperazine rings is 1. The maximum Gasteiger partial charge on any atom is 0.376 e. The van der Waals surface area contributed by atoms with Crippen LogP contribution in [0.1, 0.15) is 5.56 Å². The van der Waals surface area contributed by atoms with Gasteiger partial charge in [0.2, 0.25) is 0 Å². The molecule has 0 amide bonds. The molecule has 0 radical (unpaired) electrons. The fraction of sp³-hybridized carbons (Fsp3) is 0.538. The zero-order valence-electron chi connectivity index (χ0n) is 12.0. The quantitative estimate of drug-likeness (QED) is 0.313. The number of rotatable bonds is 1. The van der Waals surface area contributed by atoms with Gasteiger partial charge < -0.3 is 14.6 Å². The Hall–Kier alpha value is -0.155. The number of benzene rings is 1. The number of hydrogen-bond donors (Lipinski definition) is 1. The Morgan fingerprint density at radius 2 is 2.09 bits per heavy atom. The van der Waals surface area contributed by atoms with Crippen molar-refractivity contribution in [2.45, 2.75) is 19.4 Å². The van der Waals surface area contributed by atoms with Crippen LogP contribution in [-0.4, -0.2) is 54.1 Å². The summed E-state index contributed by atoms with van der Waals surface area (Å²) in [6.45, 7) is 4.25. The SMILES string of the molecule is CB(O)N1CCN2Cc3c(F)c(F)c(I)c(Cl)c3OC[C@H]2C1. The third-order valence-corrected chi connectivity index (χ3v) is 5.95. The van der Waals surface area contributed by atoms with Gasteiger partial charge in [0.05, 0.1) is 14.6 Å². The summed E-state index contributed by atoms with van der Waals surface area (Å²) in [5, 5.41) is 9.83. The molecule has 0 unspecified atom stereocenters. The largest absolute Gasteiger partial charge is 0.490 e. The molecular formula is C13H15BClF2IN2O2. The molecule has 1 fully saturated rings. The molecule has 4 nitrogen and oxygen atoms in total. The van der Waals surface area contributed by atoms with E-state index in [2.05, 4.69) is 4.90 Å². The van der Waals surface area contributed by atoms with E-state index in [-0.39, 0.29) is 32.5 Å². The molecule has 0 bridgehead atoms. The minimum Gasteiger partial charge on any atom is -0.490 e. The molecule has 0 aliphatic carbocycles. The van der Waals surface area contributed by atoms with Gasteiger partial charge in [0.1, 0.15) is 12.4 Å². The van der Waals surface area contributed by atoms with E-state index in [1.54, 1.807) is 29.4 Å². The topological polar surface area (TPSA) is 35.9 Å². The lowest BCUT2D eigenvalue weighted by Gasteiger charge is -2.40. The molecule has 0 saturated carbocycles. The number of nitrogens with zero attached hydrogens (tertiary/aromatic N) is 2. The first-order chi connectivity index (χ1) is 10.4. The van der Waals surface area contributed by atoms with Crippen molar-refractivity contribution in [2.24, 2.45) is 0 Å². The molecule has 0 aromatic heterocycles. The Morgan fingerprint density at radius 1 is 1.36 bits per heavy atom. The van der Waals surface area contributed by atoms with Gasteiger partial charge >= 0.3 is 7.05 Å². The molecule has 1 saturated heterocycles. The summed E-state index contributed by atoms with van der Waals surface area (Å²) in [5.41, 5.74) is 0.177. The Labute approximate surface area is 146 Å². The van der Waals surface area contributed by atoms with Crippen LogP contribution in [0.5, 0.6) is 5.75 Å². The summed E-state index contributed by atoms with van der Waals surface area (Å²) < 4.78 is 33.9. The van der Waals surface area contributed by atoms with Crippen LogP contribution in [0.25, 0.3) is 0 Å². The first-order valence-corrected chi connectivity index (χ1v) is 8.49. The van der Waals surface area contributed by atoms with Gasteiger partial charge in [-0.2, -0.15) is 0 Å². The molecule has 2 heterocycles. The van der Waals surface area contributed by atoms with Gasteiger partial charge in [-0.15, -0.1) is 0 Å². The number of ether oxygens (including phenoxy) is 1. The van der Waals surface area contributed by atoms with Crippen LogP contribution in [0.3, 0.4) is 0 Å². The van der Waals surface area contributed by atoms with Crippen molar-refractivity contribution in [1.29, 1.82) is 0 Å². The van der Waals surface area contributed by atoms with Crippen molar-refractivity contribution >= 4 is 41.2 Å². The van der Waals surface area contributed by atoms with E-state index in [0.717, 1.165) is 0 Å². The molecule has 1 N–H and O–H groups in total. The summed E-state index contributed by atoms with van der Waals surface area (Å²) in [7, 11) is -0.536. The minimum atomic E-state index is -0.922. The highest BCUT2D eigenvalue weighted by atomic mass is 127. The van der Waals surface area contributed by atoms with Gasteiger partial charge in [0, 0.05) is 31.7 Å². The van der Waals surface area contributed by atoms with E-state index < -0.39 is 18.7 Å². The molecule has 22 heavy (non-hydrogen) atoms. The van der Waals surface area contributed by atoms with Crippen LogP contribution < -0.4 is 4.74 Å². The van der Waals surface area contributed by atoms with Crippen molar-refractivity contribution in [1.82, 2.24) is 9.71 Å². The summed E-state index contributed by atoms with van der Waals surface area (Å²) in [4.78, 5) is 3.99. The van der Waals surface area contributed by atoms with Gasteiger partial charge in [-0.3, -0.25) is 4.90 Å². The van der Waals surface area contributed by atoms with E-state index in [0.29, 0.717) is 26.2 Å². The monoisotopic (exact) mass is 442 g/mol. The molecule has 1 aromatic rings. The average Bonchev–Trinajstić information content (AvgIpc) is 2.69. The summed E-state index contributed by atoms with van der Waals surface area (Å²) in [6, 6.07) is 0.00643. The highest BCUT2D eigenvalue weighted by molar-refractivity contribution is 14.1. The first-order valence-electron chi connectivity index (χ1n) is 7.04. The van der Waals surface area contributed by atoms with Gasteiger partial charge in [0.15, 0.2) is 11.6 Å². The predicted molar refractivity (Wildman–Crippen MR) is 89.2 cm³/mol. The Balaban J connectivity index is 1.93. The van der Waals surface area contributed by atoms with E-state index in [4.69, 9.17) is 16.3 Å². The molecule has 1 atom stereocenters. The predicted octanol–water partition coefficient (Wildman–Crippen LogP) is 2.21. The van der Waals surface area contributed by atoms with Crippen LogP contribution in [0, 0.1) is 15.2 Å². The normalized spacial score (nSPS) is 22.5. The molecule has 2 aliphatic heterocycles. The molecule has 3 rings (SSSR count). The smallest absolute Gasteiger partial charge is 0.376 e. The van der Waals surface area contributed by atoms with Crippen LogP contribution >= 0.6 is 34.2 Å². The first kappa shape index (κ1) is 16.7. The molecular weight excluding hydrogens is 427 g/mol. The highest BCUT2D eigenvalue weighted by Crippen LogP contribution is 2.40. The van der Waals surface area contributed by atoms with Crippen molar-refractivity contribution in [3.8, 4) is 5.75 Å². The molecule has 1 aromatic carbocycles. The lowest BCUT2D eigenvalue weighted by molar-refractivity contribution is 0.0783. The highest BCUT2D eigenvalue weighted by Gasteiger charge is 2.35. The maximum atomic E-state index is 14.3. The summed E-state index contributed by atoms with van der Waals surface area (Å²) >= 11 is 7.81. The fourth-order valence-electron chi connectivity index (χ4n) is 2.95. The summed E-state index contributed by atoms with van der Waals surface area (Å²) in [5.74, 6) is -1.57. The second-order valence-corrected chi connectivity index (χ2v) is 7.08. The van der Waals surface area contributed by atoms with Crippen molar-refractivity contribution < 1.29 is 18.5 Å². The third kappa shape index (κ3) is 2.84. The third-order valence-electron chi connectivity index (χ3n) is 4.26. The molecule has 120 valence electrons. The van der Waals surface area contributed by atoms with Crippen LogP contribution in [0.2, 0.25) is 11.8 Å². The van der Waals surface area contributed by atoms with Crippen LogP contribution in [0.4, 0.5) is 8.78 Å². The zero-order valence-corrected chi connectivity index (χ0v) is 14.9. The standard InChI is InChI=1S/C13H15BClF2IN2O2/c1-14(21)20-3-2-19-5-8-10(16)11(17)12(18)9(15)13(8)22-6-7(19)4-20/h7,21H,2-6H2,1H3/t7-/m1/s1. The zero-order chi connectivity index (χ0) is 16.0. The molecule has 2 aliphatic rings. The minimum absolute atomic E-state index is 0.00643. The Kier molecular flexibility index (Phi) is 4.85. The maximum absolute atomic E-state index is 14.3. The number of halogens is 4. The van der Waals surface area contributed by atoms with E-state index >= 15 is 0 Å². The lowest BCUT2D eigenvalue weighted by atomic mass is 9.83. The van der Waals surface area contributed by atoms with Crippen LogP contribution in [0.15, 0.2) is 0 Å². The molecule has 9 heteroatoms. The lowest BCUT2D eigenvalue weighted by Crippen LogP contribution is -2.57. The summed E-state index contributed by atoms with van der Waals surface area (Å²) in [6.07, 6.45) is 0. The van der Waals surface area contributed by atoms with Crippen molar-refractivity contribution in [3.05, 3.63) is 25.8 Å². The van der Waals surface area contributed by atoms with Gasteiger partial charge in [-0.1, -0.05) is 11.6 Å². The van der Waals surface area contributed by atoms with Gasteiger partial charge in [0.25, 0.3) is 0 Å². The Bertz CT molecular complexity index is 608. The number of fused-ring (bicyclic) bond motifs is 2. The van der Waals surface area contributed by atoms with Gasteiger partial charge in [-0.25, -0.2) is 8.78 Å². The van der Waals surface area contributed by atoms with E-state index in [9.17, 15) is 13.8 Å². The van der Waals surface area contributed by atoms with E-state index in [1.165, 1.54) is 0 Å². The Morgan fingerprint density at radius 3 is 2.77 bits per heavy atom. The fourth-order valence-corrected chi connectivity index (χ4v) is 3.69. The average molecular weight is 442 g/mol. The van der Waals surface area contributed by atoms with E-state index in [1.807, 2.05) is 4.81 Å². The second kappa shape index (κ2) is 6.39. The number of hydrogen-bond acceptors (Lipinski definition) is 4. The molecule has 0 spiro atoms.